The molecule has 0 aliphatic heterocycles. The number of carbonyl (C=O) groups excluding carboxylic acids is 2. The molecule has 0 aliphatic rings. The number of carbonyl (C=O) groups is 2. The second-order valence-electron chi connectivity index (χ2n) is 2.88. The van der Waals surface area contributed by atoms with Crippen molar-refractivity contribution in [2.45, 2.75) is 13.8 Å². The SMILES string of the molecule is CC(=O)Oc1ccc(OC(C)=O)c(Br)c1F. The van der Waals surface area contributed by atoms with Crippen LogP contribution < -0.4 is 9.47 Å². The molecule has 86 valence electrons. The number of ether oxygens (including phenoxy) is 2. The number of hydrogen-bond acceptors (Lipinski definition) is 4. The van der Waals surface area contributed by atoms with Crippen LogP contribution in [0.15, 0.2) is 16.6 Å². The van der Waals surface area contributed by atoms with E-state index < -0.39 is 17.8 Å². The van der Waals surface area contributed by atoms with Crippen molar-refractivity contribution in [2.24, 2.45) is 0 Å². The molecule has 0 aliphatic carbocycles. The number of rotatable bonds is 2. The number of hydrogen-bond donors (Lipinski definition) is 0. The predicted molar refractivity (Wildman–Crippen MR) is 56.7 cm³/mol. The van der Waals surface area contributed by atoms with Gasteiger partial charge in [-0.05, 0) is 28.1 Å². The van der Waals surface area contributed by atoms with E-state index in [-0.39, 0.29) is 16.0 Å². The normalized spacial score (nSPS) is 9.75. The van der Waals surface area contributed by atoms with Gasteiger partial charge in [-0.1, -0.05) is 0 Å². The molecule has 0 atom stereocenters. The van der Waals surface area contributed by atoms with Crippen LogP contribution in [0.3, 0.4) is 0 Å². The van der Waals surface area contributed by atoms with E-state index in [2.05, 4.69) is 20.7 Å². The Balaban J connectivity index is 3.07. The van der Waals surface area contributed by atoms with Crippen molar-refractivity contribution >= 4 is 27.9 Å². The molecule has 0 fully saturated rings. The highest BCUT2D eigenvalue weighted by molar-refractivity contribution is 9.10. The van der Waals surface area contributed by atoms with Gasteiger partial charge in [-0.15, -0.1) is 0 Å². The highest BCUT2D eigenvalue weighted by atomic mass is 79.9. The van der Waals surface area contributed by atoms with Gasteiger partial charge in [0.2, 0.25) is 0 Å². The quantitative estimate of drug-likeness (QED) is 0.620. The van der Waals surface area contributed by atoms with Crippen LogP contribution in [0.5, 0.6) is 11.5 Å². The van der Waals surface area contributed by atoms with Crippen LogP contribution in [0.1, 0.15) is 13.8 Å². The molecule has 1 rings (SSSR count). The van der Waals surface area contributed by atoms with Crippen molar-refractivity contribution in [3.05, 3.63) is 22.4 Å². The predicted octanol–water partition coefficient (Wildman–Crippen LogP) is 2.44. The first kappa shape index (κ1) is 12.6. The standard InChI is InChI=1S/C10H8BrFO4/c1-5(13)15-7-3-4-8(16-6(2)14)10(12)9(7)11/h3-4H,1-2H3. The summed E-state index contributed by atoms with van der Waals surface area (Å²) in [7, 11) is 0. The first-order valence-corrected chi connectivity index (χ1v) is 5.06. The van der Waals surface area contributed by atoms with E-state index in [0.717, 1.165) is 6.92 Å². The third kappa shape index (κ3) is 3.03. The van der Waals surface area contributed by atoms with Gasteiger partial charge in [-0.2, -0.15) is 0 Å². The van der Waals surface area contributed by atoms with Gasteiger partial charge in [0.25, 0.3) is 0 Å². The maximum Gasteiger partial charge on any atom is 0.308 e. The van der Waals surface area contributed by atoms with Crippen LogP contribution in [-0.4, -0.2) is 11.9 Å². The topological polar surface area (TPSA) is 52.6 Å². The van der Waals surface area contributed by atoms with E-state index >= 15 is 0 Å². The van der Waals surface area contributed by atoms with Gasteiger partial charge >= 0.3 is 11.9 Å². The Bertz CT molecular complexity index is 404. The number of benzene rings is 1. The van der Waals surface area contributed by atoms with Gasteiger partial charge in [0.1, 0.15) is 5.75 Å². The molecule has 6 heteroatoms. The van der Waals surface area contributed by atoms with Crippen LogP contribution in [0.2, 0.25) is 0 Å². The van der Waals surface area contributed by atoms with Crippen LogP contribution in [0.4, 0.5) is 4.39 Å². The molecule has 0 aromatic heterocycles. The summed E-state index contributed by atoms with van der Waals surface area (Å²) >= 11 is 2.91. The van der Waals surface area contributed by atoms with E-state index in [4.69, 9.17) is 4.74 Å². The lowest BCUT2D eigenvalue weighted by Gasteiger charge is -2.08. The molecule has 0 amide bonds. The van der Waals surface area contributed by atoms with E-state index in [1.54, 1.807) is 0 Å². The van der Waals surface area contributed by atoms with Gasteiger partial charge in [-0.3, -0.25) is 9.59 Å². The van der Waals surface area contributed by atoms with Crippen LogP contribution in [0, 0.1) is 5.82 Å². The molecule has 0 N–H and O–H groups in total. The molecule has 1 aromatic carbocycles. The Labute approximate surface area is 99.5 Å². The molecule has 0 spiro atoms. The summed E-state index contributed by atoms with van der Waals surface area (Å²) in [5.41, 5.74) is 0. The summed E-state index contributed by atoms with van der Waals surface area (Å²) in [4.78, 5) is 21.3. The molecular weight excluding hydrogens is 283 g/mol. The van der Waals surface area contributed by atoms with Crippen molar-refractivity contribution < 1.29 is 23.5 Å². The van der Waals surface area contributed by atoms with E-state index in [1.807, 2.05) is 0 Å². The third-order valence-corrected chi connectivity index (χ3v) is 2.26. The summed E-state index contributed by atoms with van der Waals surface area (Å²) in [6.45, 7) is 2.36. The maximum absolute atomic E-state index is 13.6. The fourth-order valence-corrected chi connectivity index (χ4v) is 1.39. The Morgan fingerprint density at radius 2 is 1.56 bits per heavy atom. The van der Waals surface area contributed by atoms with Crippen molar-refractivity contribution in [3.63, 3.8) is 0 Å². The zero-order chi connectivity index (χ0) is 12.3. The highest BCUT2D eigenvalue weighted by Gasteiger charge is 2.15. The molecule has 0 bridgehead atoms. The lowest BCUT2D eigenvalue weighted by Crippen LogP contribution is -2.06. The molecule has 0 heterocycles. The van der Waals surface area contributed by atoms with Crippen molar-refractivity contribution in [2.75, 3.05) is 0 Å². The van der Waals surface area contributed by atoms with Crippen molar-refractivity contribution in [1.29, 1.82) is 0 Å². The number of halogens is 2. The monoisotopic (exact) mass is 290 g/mol. The molecule has 1 aromatic rings. The Kier molecular flexibility index (Phi) is 4.00. The first-order chi connectivity index (χ1) is 7.41. The largest absolute Gasteiger partial charge is 0.425 e. The van der Waals surface area contributed by atoms with E-state index in [9.17, 15) is 14.0 Å². The zero-order valence-electron chi connectivity index (χ0n) is 8.54. The average molecular weight is 291 g/mol. The minimum absolute atomic E-state index is 0.0286. The van der Waals surface area contributed by atoms with E-state index in [0.29, 0.717) is 0 Å². The highest BCUT2D eigenvalue weighted by Crippen LogP contribution is 2.33. The lowest BCUT2D eigenvalue weighted by molar-refractivity contribution is -0.133. The minimum atomic E-state index is -0.797. The lowest BCUT2D eigenvalue weighted by atomic mass is 10.3. The first-order valence-electron chi connectivity index (χ1n) is 4.26. The van der Waals surface area contributed by atoms with Gasteiger partial charge < -0.3 is 9.47 Å². The summed E-state index contributed by atoms with van der Waals surface area (Å²) < 4.78 is 22.8. The molecule has 16 heavy (non-hydrogen) atoms. The summed E-state index contributed by atoms with van der Waals surface area (Å²) in [6, 6.07) is 2.53. The molecule has 0 unspecified atom stereocenters. The fourth-order valence-electron chi connectivity index (χ4n) is 0.981. The molecule has 4 nitrogen and oxygen atoms in total. The minimum Gasteiger partial charge on any atom is -0.425 e. The molecule has 0 saturated carbocycles. The van der Waals surface area contributed by atoms with Gasteiger partial charge in [0.05, 0.1) is 4.47 Å². The molecular formula is C10H8BrFO4. The molecule has 0 saturated heterocycles. The Morgan fingerprint density at radius 1 is 1.12 bits per heavy atom. The van der Waals surface area contributed by atoms with E-state index in [1.165, 1.54) is 19.1 Å². The Morgan fingerprint density at radius 3 is 2.06 bits per heavy atom. The maximum atomic E-state index is 13.6. The van der Waals surface area contributed by atoms with Crippen LogP contribution in [-0.2, 0) is 9.59 Å². The Hall–Kier alpha value is -1.43. The second kappa shape index (κ2) is 5.07. The van der Waals surface area contributed by atoms with Gasteiger partial charge in [0.15, 0.2) is 11.6 Å². The number of esters is 2. The van der Waals surface area contributed by atoms with Crippen molar-refractivity contribution in [1.82, 2.24) is 0 Å². The van der Waals surface area contributed by atoms with Crippen LogP contribution >= 0.6 is 15.9 Å². The summed E-state index contributed by atoms with van der Waals surface area (Å²) in [6.07, 6.45) is 0. The molecule has 0 radical (unpaired) electrons. The van der Waals surface area contributed by atoms with Crippen LogP contribution in [0.25, 0.3) is 0 Å². The van der Waals surface area contributed by atoms with Gasteiger partial charge in [-0.25, -0.2) is 4.39 Å². The smallest absolute Gasteiger partial charge is 0.308 e. The third-order valence-electron chi connectivity index (χ3n) is 1.52. The average Bonchev–Trinajstić information content (AvgIpc) is 2.16. The fraction of sp³-hybridized carbons (Fsp3) is 0.200. The summed E-state index contributed by atoms with van der Waals surface area (Å²) in [5.74, 6) is -2.20. The zero-order valence-corrected chi connectivity index (χ0v) is 10.1. The second-order valence-corrected chi connectivity index (χ2v) is 3.67. The van der Waals surface area contributed by atoms with Gasteiger partial charge in [0, 0.05) is 13.8 Å². The van der Waals surface area contributed by atoms with Crippen molar-refractivity contribution in [3.8, 4) is 11.5 Å². The summed E-state index contributed by atoms with van der Waals surface area (Å²) in [5, 5.41) is 0.